The van der Waals surface area contributed by atoms with E-state index in [1.807, 2.05) is 34.6 Å². The van der Waals surface area contributed by atoms with Crippen molar-refractivity contribution < 1.29 is 14.6 Å². The van der Waals surface area contributed by atoms with Crippen LogP contribution in [-0.4, -0.2) is 47.8 Å². The van der Waals surface area contributed by atoms with Gasteiger partial charge in [0.2, 0.25) is 5.91 Å². The molecule has 16 heavy (non-hydrogen) atoms. The second-order valence-corrected chi connectivity index (χ2v) is 3.16. The third-order valence-electron chi connectivity index (χ3n) is 2.11. The van der Waals surface area contributed by atoms with Crippen molar-refractivity contribution in [1.82, 2.24) is 4.90 Å². The topological polar surface area (TPSA) is 49.8 Å². The standard InChI is InChI=1S/C8H15NO3.2C2H6/c1-6-5-12-8(4-10)3-9(6)7(2)11;2*1-2/h6,8,10H,3-5H2,1-2H3;2*1-2H3. The van der Waals surface area contributed by atoms with Crippen LogP contribution in [0.25, 0.3) is 0 Å². The van der Waals surface area contributed by atoms with Gasteiger partial charge in [0, 0.05) is 13.5 Å². The Bertz CT molecular complexity index is 174. The fourth-order valence-corrected chi connectivity index (χ4v) is 1.37. The van der Waals surface area contributed by atoms with Gasteiger partial charge in [-0.3, -0.25) is 4.79 Å². The maximum absolute atomic E-state index is 11.1. The summed E-state index contributed by atoms with van der Waals surface area (Å²) in [4.78, 5) is 12.8. The van der Waals surface area contributed by atoms with Gasteiger partial charge in [0.05, 0.1) is 25.4 Å². The van der Waals surface area contributed by atoms with Crippen LogP contribution in [0.1, 0.15) is 41.5 Å². The van der Waals surface area contributed by atoms with E-state index in [9.17, 15) is 4.79 Å². The molecule has 0 aromatic heterocycles. The summed E-state index contributed by atoms with van der Waals surface area (Å²) in [5.41, 5.74) is 0. The molecule has 1 heterocycles. The summed E-state index contributed by atoms with van der Waals surface area (Å²) in [6, 6.07) is 0.130. The van der Waals surface area contributed by atoms with Gasteiger partial charge in [0.25, 0.3) is 0 Å². The molecule has 4 heteroatoms. The second-order valence-electron chi connectivity index (χ2n) is 3.16. The fourth-order valence-electron chi connectivity index (χ4n) is 1.37. The van der Waals surface area contributed by atoms with E-state index in [2.05, 4.69) is 0 Å². The first-order chi connectivity index (χ1) is 7.65. The Balaban J connectivity index is 0. The number of carbonyl (C=O) groups excluding carboxylic acids is 1. The fraction of sp³-hybridized carbons (Fsp3) is 0.917. The molecule has 0 aromatic rings. The smallest absolute Gasteiger partial charge is 0.219 e. The molecule has 1 amide bonds. The minimum Gasteiger partial charge on any atom is -0.394 e. The number of aliphatic hydroxyl groups is 1. The lowest BCUT2D eigenvalue weighted by Crippen LogP contribution is -2.51. The maximum atomic E-state index is 11.1. The highest BCUT2D eigenvalue weighted by molar-refractivity contribution is 5.73. The van der Waals surface area contributed by atoms with Gasteiger partial charge in [0.1, 0.15) is 0 Å². The summed E-state index contributed by atoms with van der Waals surface area (Å²) in [5.74, 6) is 0.0456. The monoisotopic (exact) mass is 233 g/mol. The van der Waals surface area contributed by atoms with E-state index >= 15 is 0 Å². The number of amides is 1. The lowest BCUT2D eigenvalue weighted by atomic mass is 10.2. The predicted molar refractivity (Wildman–Crippen MR) is 66.4 cm³/mol. The molecular formula is C12H27NO3. The number of hydrogen-bond donors (Lipinski definition) is 1. The number of carbonyl (C=O) groups is 1. The van der Waals surface area contributed by atoms with E-state index in [1.54, 1.807) is 4.90 Å². The van der Waals surface area contributed by atoms with Crippen LogP contribution in [0.5, 0.6) is 0 Å². The van der Waals surface area contributed by atoms with E-state index in [4.69, 9.17) is 9.84 Å². The van der Waals surface area contributed by atoms with E-state index in [0.29, 0.717) is 13.2 Å². The SMILES string of the molecule is CC.CC.CC(=O)N1CC(CO)OCC1C. The summed E-state index contributed by atoms with van der Waals surface area (Å²) in [7, 11) is 0. The highest BCUT2D eigenvalue weighted by Gasteiger charge is 2.26. The van der Waals surface area contributed by atoms with Gasteiger partial charge in [-0.15, -0.1) is 0 Å². The lowest BCUT2D eigenvalue weighted by Gasteiger charge is -2.36. The minimum atomic E-state index is -0.204. The molecule has 1 rings (SSSR count). The number of aliphatic hydroxyl groups excluding tert-OH is 1. The normalized spacial score (nSPS) is 23.6. The second kappa shape index (κ2) is 10.9. The molecule has 1 fully saturated rings. The maximum Gasteiger partial charge on any atom is 0.219 e. The first kappa shape index (κ1) is 17.8. The quantitative estimate of drug-likeness (QED) is 0.749. The van der Waals surface area contributed by atoms with Crippen molar-refractivity contribution >= 4 is 5.91 Å². The van der Waals surface area contributed by atoms with Gasteiger partial charge in [-0.05, 0) is 6.92 Å². The number of rotatable bonds is 1. The van der Waals surface area contributed by atoms with Crippen molar-refractivity contribution in [1.29, 1.82) is 0 Å². The molecule has 0 aliphatic carbocycles. The Morgan fingerprint density at radius 2 is 1.88 bits per heavy atom. The van der Waals surface area contributed by atoms with Crippen LogP contribution in [-0.2, 0) is 9.53 Å². The van der Waals surface area contributed by atoms with Gasteiger partial charge in [-0.1, -0.05) is 27.7 Å². The van der Waals surface area contributed by atoms with Crippen molar-refractivity contribution in [3.05, 3.63) is 0 Å². The molecule has 0 radical (unpaired) electrons. The number of nitrogens with zero attached hydrogens (tertiary/aromatic N) is 1. The lowest BCUT2D eigenvalue weighted by molar-refractivity contribution is -0.143. The number of ether oxygens (including phenoxy) is 1. The molecule has 2 unspecified atom stereocenters. The molecule has 0 spiro atoms. The molecule has 98 valence electrons. The molecule has 0 saturated carbocycles. The highest BCUT2D eigenvalue weighted by atomic mass is 16.5. The van der Waals surface area contributed by atoms with Gasteiger partial charge in [-0.25, -0.2) is 0 Å². The van der Waals surface area contributed by atoms with Crippen molar-refractivity contribution in [2.45, 2.75) is 53.7 Å². The molecular weight excluding hydrogens is 206 g/mol. The number of morpholine rings is 1. The zero-order chi connectivity index (χ0) is 13.1. The van der Waals surface area contributed by atoms with E-state index in [-0.39, 0.29) is 24.7 Å². The summed E-state index contributed by atoms with van der Waals surface area (Å²) in [6.45, 7) is 12.5. The summed E-state index contributed by atoms with van der Waals surface area (Å²) in [6.07, 6.45) is -0.204. The van der Waals surface area contributed by atoms with Gasteiger partial charge in [0.15, 0.2) is 0 Å². The van der Waals surface area contributed by atoms with E-state index < -0.39 is 0 Å². The highest BCUT2D eigenvalue weighted by Crippen LogP contribution is 2.10. The van der Waals surface area contributed by atoms with Crippen LogP contribution in [0, 0.1) is 0 Å². The van der Waals surface area contributed by atoms with E-state index in [0.717, 1.165) is 0 Å². The van der Waals surface area contributed by atoms with Crippen LogP contribution >= 0.6 is 0 Å². The zero-order valence-corrected chi connectivity index (χ0v) is 11.5. The summed E-state index contributed by atoms with van der Waals surface area (Å²) in [5, 5.41) is 8.81. The molecule has 1 aliphatic heterocycles. The van der Waals surface area contributed by atoms with Crippen LogP contribution in [0.15, 0.2) is 0 Å². The molecule has 1 aliphatic rings. The molecule has 0 aromatic carbocycles. The third kappa shape index (κ3) is 6.08. The average Bonchev–Trinajstić information content (AvgIpc) is 2.34. The largest absolute Gasteiger partial charge is 0.394 e. The average molecular weight is 233 g/mol. The molecule has 1 N–H and O–H groups in total. The predicted octanol–water partition coefficient (Wildman–Crippen LogP) is 1.67. The summed E-state index contributed by atoms with van der Waals surface area (Å²) >= 11 is 0. The Hall–Kier alpha value is -0.610. The van der Waals surface area contributed by atoms with Crippen molar-refractivity contribution in [3.8, 4) is 0 Å². The molecule has 1 saturated heterocycles. The van der Waals surface area contributed by atoms with Crippen LogP contribution < -0.4 is 0 Å². The Morgan fingerprint density at radius 3 is 2.25 bits per heavy atom. The zero-order valence-electron chi connectivity index (χ0n) is 11.5. The van der Waals surface area contributed by atoms with Crippen molar-refractivity contribution in [3.63, 3.8) is 0 Å². The Morgan fingerprint density at radius 1 is 1.38 bits per heavy atom. The Labute approximate surface area is 99.6 Å². The summed E-state index contributed by atoms with van der Waals surface area (Å²) < 4.78 is 5.28. The van der Waals surface area contributed by atoms with Crippen LogP contribution in [0.3, 0.4) is 0 Å². The minimum absolute atomic E-state index is 0.0174. The third-order valence-corrected chi connectivity index (χ3v) is 2.11. The van der Waals surface area contributed by atoms with Gasteiger partial charge in [-0.2, -0.15) is 0 Å². The Kier molecular flexibility index (Phi) is 12.1. The number of hydrogen-bond acceptors (Lipinski definition) is 3. The first-order valence-electron chi connectivity index (χ1n) is 6.14. The molecule has 2 atom stereocenters. The van der Waals surface area contributed by atoms with Crippen LogP contribution in [0.4, 0.5) is 0 Å². The van der Waals surface area contributed by atoms with Crippen molar-refractivity contribution in [2.75, 3.05) is 19.8 Å². The first-order valence-corrected chi connectivity index (χ1v) is 6.14. The molecule has 4 nitrogen and oxygen atoms in total. The van der Waals surface area contributed by atoms with E-state index in [1.165, 1.54) is 6.92 Å². The molecule has 0 bridgehead atoms. The van der Waals surface area contributed by atoms with Gasteiger partial charge >= 0.3 is 0 Å². The van der Waals surface area contributed by atoms with Crippen molar-refractivity contribution in [2.24, 2.45) is 0 Å². The van der Waals surface area contributed by atoms with Crippen LogP contribution in [0.2, 0.25) is 0 Å². The van der Waals surface area contributed by atoms with Gasteiger partial charge < -0.3 is 14.7 Å².